The molecule has 2 atom stereocenters. The molecule has 2 aromatic rings. The third-order valence-corrected chi connectivity index (χ3v) is 6.51. The Balaban J connectivity index is 1.69. The van der Waals surface area contributed by atoms with Crippen LogP contribution in [0.2, 0.25) is 0 Å². The first kappa shape index (κ1) is 18.3. The molecule has 2 aromatic carbocycles. The summed E-state index contributed by atoms with van der Waals surface area (Å²) >= 11 is 1.74. The van der Waals surface area contributed by atoms with Crippen molar-refractivity contribution in [3.8, 4) is 0 Å². The van der Waals surface area contributed by atoms with Gasteiger partial charge in [-0.2, -0.15) is 0 Å². The fourth-order valence-electron chi connectivity index (χ4n) is 4.22. The summed E-state index contributed by atoms with van der Waals surface area (Å²) in [6.45, 7) is 8.31. The van der Waals surface area contributed by atoms with Gasteiger partial charge in [0.05, 0.1) is 5.69 Å². The minimum Gasteiger partial charge on any atom is -0.338 e. The van der Waals surface area contributed by atoms with Gasteiger partial charge in [0, 0.05) is 39.7 Å². The average molecular weight is 379 g/mol. The van der Waals surface area contributed by atoms with Crippen LogP contribution in [0.1, 0.15) is 49.5 Å². The second-order valence-electron chi connectivity index (χ2n) is 7.85. The minimum absolute atomic E-state index is 0.135. The zero-order valence-electron chi connectivity index (χ0n) is 16.2. The summed E-state index contributed by atoms with van der Waals surface area (Å²) in [6, 6.07) is 14.4. The third-order valence-electron chi connectivity index (χ3n) is 5.37. The molecule has 0 unspecified atom stereocenters. The molecular formula is C23H26N2OS. The van der Waals surface area contributed by atoms with Crippen LogP contribution in [0.25, 0.3) is 0 Å². The number of carbonyl (C=O) groups excluding carboxylic acids is 1. The Morgan fingerprint density at radius 1 is 1.11 bits per heavy atom. The van der Waals surface area contributed by atoms with Crippen molar-refractivity contribution in [2.45, 2.75) is 43.4 Å². The number of hydrogen-bond acceptors (Lipinski definition) is 3. The predicted molar refractivity (Wildman–Crippen MR) is 112 cm³/mol. The van der Waals surface area contributed by atoms with Gasteiger partial charge >= 0.3 is 0 Å². The van der Waals surface area contributed by atoms with Gasteiger partial charge in [-0.3, -0.25) is 9.79 Å². The predicted octanol–water partition coefficient (Wildman–Crippen LogP) is 5.80. The summed E-state index contributed by atoms with van der Waals surface area (Å²) in [6.07, 6.45) is 2.07. The van der Waals surface area contributed by atoms with Crippen LogP contribution in [0.3, 0.4) is 0 Å². The lowest BCUT2D eigenvalue weighted by atomic mass is 9.91. The van der Waals surface area contributed by atoms with E-state index in [-0.39, 0.29) is 5.91 Å². The van der Waals surface area contributed by atoms with E-state index < -0.39 is 0 Å². The van der Waals surface area contributed by atoms with Crippen LogP contribution in [-0.4, -0.2) is 29.6 Å². The number of benzene rings is 2. The molecule has 3 nitrogen and oxygen atoms in total. The summed E-state index contributed by atoms with van der Waals surface area (Å²) in [5, 5.41) is 0. The van der Waals surface area contributed by atoms with Crippen LogP contribution in [0.15, 0.2) is 57.2 Å². The van der Waals surface area contributed by atoms with Crippen LogP contribution >= 0.6 is 11.8 Å². The molecule has 4 rings (SSSR count). The molecule has 4 heteroatoms. The van der Waals surface area contributed by atoms with Gasteiger partial charge in [0.1, 0.15) is 0 Å². The van der Waals surface area contributed by atoms with Gasteiger partial charge < -0.3 is 4.90 Å². The fraction of sp³-hybridized carbons (Fsp3) is 0.391. The first-order chi connectivity index (χ1) is 13.0. The Hall–Kier alpha value is -2.07. The number of likely N-dealkylation sites (tertiary alicyclic amines) is 1. The summed E-state index contributed by atoms with van der Waals surface area (Å²) in [4.78, 5) is 22.4. The number of nitrogens with zero attached hydrogens (tertiary/aromatic N) is 2. The summed E-state index contributed by atoms with van der Waals surface area (Å²) in [5.41, 5.74) is 3.95. The number of rotatable bonds is 2. The maximum atomic E-state index is 13.1. The number of hydrogen-bond donors (Lipinski definition) is 0. The van der Waals surface area contributed by atoms with Crippen molar-refractivity contribution in [1.29, 1.82) is 0 Å². The van der Waals surface area contributed by atoms with Gasteiger partial charge in [0.15, 0.2) is 0 Å². The topological polar surface area (TPSA) is 32.7 Å². The van der Waals surface area contributed by atoms with Crippen molar-refractivity contribution in [3.63, 3.8) is 0 Å². The maximum Gasteiger partial charge on any atom is 0.253 e. The molecule has 0 aliphatic carbocycles. The molecule has 0 bridgehead atoms. The third kappa shape index (κ3) is 3.68. The van der Waals surface area contributed by atoms with E-state index >= 15 is 0 Å². The largest absolute Gasteiger partial charge is 0.338 e. The van der Waals surface area contributed by atoms with Crippen molar-refractivity contribution >= 4 is 29.1 Å². The SMILES string of the molecule is CCC1=Nc2cc(C(=O)N3C[C@H](C)C[C@H](C)C3)ccc2Sc2ccccc21. The quantitative estimate of drug-likeness (QED) is 0.661. The molecule has 1 fully saturated rings. The molecule has 2 aliphatic heterocycles. The lowest BCUT2D eigenvalue weighted by Gasteiger charge is -2.35. The summed E-state index contributed by atoms with van der Waals surface area (Å²) in [7, 11) is 0. The van der Waals surface area contributed by atoms with E-state index in [1.54, 1.807) is 11.8 Å². The molecule has 0 radical (unpaired) electrons. The fourth-order valence-corrected chi connectivity index (χ4v) is 5.25. The molecule has 2 heterocycles. The Bertz CT molecular complexity index is 895. The molecule has 2 aliphatic rings. The van der Waals surface area contributed by atoms with Gasteiger partial charge in [0.25, 0.3) is 5.91 Å². The van der Waals surface area contributed by atoms with Gasteiger partial charge in [-0.25, -0.2) is 0 Å². The smallest absolute Gasteiger partial charge is 0.253 e. The summed E-state index contributed by atoms with van der Waals surface area (Å²) in [5.74, 6) is 1.26. The Kier molecular flexibility index (Phi) is 5.09. The van der Waals surface area contributed by atoms with E-state index in [0.29, 0.717) is 11.8 Å². The summed E-state index contributed by atoms with van der Waals surface area (Å²) < 4.78 is 0. The van der Waals surface area contributed by atoms with E-state index in [1.807, 2.05) is 17.0 Å². The van der Waals surface area contributed by atoms with Crippen LogP contribution in [-0.2, 0) is 0 Å². The highest BCUT2D eigenvalue weighted by atomic mass is 32.2. The maximum absolute atomic E-state index is 13.1. The van der Waals surface area contributed by atoms with Crippen molar-refractivity contribution in [3.05, 3.63) is 53.6 Å². The number of carbonyl (C=O) groups is 1. The lowest BCUT2D eigenvalue weighted by Crippen LogP contribution is -2.42. The molecule has 0 spiro atoms. The molecule has 1 amide bonds. The highest BCUT2D eigenvalue weighted by molar-refractivity contribution is 7.99. The van der Waals surface area contributed by atoms with Gasteiger partial charge in [0.2, 0.25) is 0 Å². The molecule has 0 aromatic heterocycles. The number of aliphatic imine (C=N–C) groups is 1. The van der Waals surface area contributed by atoms with E-state index in [4.69, 9.17) is 4.99 Å². The first-order valence-electron chi connectivity index (χ1n) is 9.83. The normalized spacial score (nSPS) is 21.7. The zero-order valence-corrected chi connectivity index (χ0v) is 17.1. The average Bonchev–Trinajstić information content (AvgIpc) is 2.82. The highest BCUT2D eigenvalue weighted by Gasteiger charge is 2.27. The van der Waals surface area contributed by atoms with Gasteiger partial charge in [-0.15, -0.1) is 0 Å². The van der Waals surface area contributed by atoms with Gasteiger partial charge in [-0.1, -0.05) is 50.7 Å². The molecule has 1 saturated heterocycles. The van der Waals surface area contributed by atoms with Crippen LogP contribution < -0.4 is 0 Å². The van der Waals surface area contributed by atoms with E-state index in [2.05, 4.69) is 51.1 Å². The van der Waals surface area contributed by atoms with E-state index in [1.165, 1.54) is 16.9 Å². The Morgan fingerprint density at radius 2 is 1.85 bits per heavy atom. The van der Waals surface area contributed by atoms with Crippen LogP contribution in [0.4, 0.5) is 5.69 Å². The van der Waals surface area contributed by atoms with Crippen molar-refractivity contribution in [2.75, 3.05) is 13.1 Å². The molecule has 27 heavy (non-hydrogen) atoms. The molecule has 140 valence electrons. The molecular weight excluding hydrogens is 352 g/mol. The lowest BCUT2D eigenvalue weighted by molar-refractivity contribution is 0.0623. The first-order valence-corrected chi connectivity index (χ1v) is 10.6. The van der Waals surface area contributed by atoms with Gasteiger partial charge in [-0.05, 0) is 48.9 Å². The monoisotopic (exact) mass is 378 g/mol. The second kappa shape index (κ2) is 7.51. The molecule has 0 N–H and O–H groups in total. The van der Waals surface area contributed by atoms with E-state index in [9.17, 15) is 4.79 Å². The van der Waals surface area contributed by atoms with Crippen LogP contribution in [0, 0.1) is 11.8 Å². The zero-order chi connectivity index (χ0) is 19.0. The Labute approximate surface area is 165 Å². The van der Waals surface area contributed by atoms with Crippen molar-refractivity contribution in [2.24, 2.45) is 16.8 Å². The Morgan fingerprint density at radius 3 is 2.59 bits per heavy atom. The van der Waals surface area contributed by atoms with E-state index in [0.717, 1.165) is 41.4 Å². The number of piperidine rings is 1. The number of fused-ring (bicyclic) bond motifs is 2. The second-order valence-corrected chi connectivity index (χ2v) is 8.93. The van der Waals surface area contributed by atoms with Crippen LogP contribution in [0.5, 0.6) is 0 Å². The number of amides is 1. The van der Waals surface area contributed by atoms with Crippen molar-refractivity contribution < 1.29 is 4.79 Å². The van der Waals surface area contributed by atoms with Crippen molar-refractivity contribution in [1.82, 2.24) is 4.90 Å². The highest BCUT2D eigenvalue weighted by Crippen LogP contribution is 2.41. The standard InChI is InChI=1S/C23H26N2OS/c1-4-19-18-7-5-6-8-21(18)27-22-10-9-17(12-20(22)24-19)23(26)25-13-15(2)11-16(3)14-25/h5-10,12,15-16H,4,11,13-14H2,1-3H3/t15-,16+. The molecule has 0 saturated carbocycles. The minimum atomic E-state index is 0.135.